The molecule has 0 heterocycles. The van der Waals surface area contributed by atoms with Crippen LogP contribution in [-0.4, -0.2) is 24.6 Å². The number of allylic oxidation sites excluding steroid dienone is 1. The number of carbonyl (C=O) groups excluding carboxylic acids is 2. The molecule has 0 spiro atoms. The van der Waals surface area contributed by atoms with Gasteiger partial charge in [0, 0.05) is 6.08 Å². The van der Waals surface area contributed by atoms with E-state index in [0.717, 1.165) is 5.57 Å². The van der Waals surface area contributed by atoms with Crippen LogP contribution in [0.3, 0.4) is 0 Å². The molecule has 80 valence electrons. The van der Waals surface area contributed by atoms with Crippen LogP contribution in [0, 0.1) is 0 Å². The van der Waals surface area contributed by atoms with Crippen molar-refractivity contribution in [1.29, 1.82) is 0 Å². The van der Waals surface area contributed by atoms with E-state index in [0.29, 0.717) is 0 Å². The van der Waals surface area contributed by atoms with Crippen LogP contribution >= 0.6 is 0 Å². The summed E-state index contributed by atoms with van der Waals surface area (Å²) < 4.78 is 9.40. The molecule has 0 saturated carbocycles. The second kappa shape index (κ2) is 4.79. The van der Waals surface area contributed by atoms with Crippen molar-refractivity contribution in [3.05, 3.63) is 11.6 Å². The maximum atomic E-state index is 11.2. The van der Waals surface area contributed by atoms with Crippen molar-refractivity contribution < 1.29 is 19.1 Å². The molecule has 0 aliphatic heterocycles. The van der Waals surface area contributed by atoms with Crippen LogP contribution < -0.4 is 0 Å². The van der Waals surface area contributed by atoms with Gasteiger partial charge in [-0.3, -0.25) is 0 Å². The van der Waals surface area contributed by atoms with Gasteiger partial charge in [0.15, 0.2) is 0 Å². The first kappa shape index (κ1) is 12.7. The third-order valence-electron chi connectivity index (χ3n) is 1.44. The van der Waals surface area contributed by atoms with E-state index >= 15 is 0 Å². The van der Waals surface area contributed by atoms with Crippen molar-refractivity contribution in [2.75, 3.05) is 7.11 Å². The van der Waals surface area contributed by atoms with Crippen LogP contribution in [0.5, 0.6) is 0 Å². The molecule has 0 fully saturated rings. The average molecular weight is 200 g/mol. The summed E-state index contributed by atoms with van der Waals surface area (Å²) in [6.07, 6.45) is 1.32. The first-order chi connectivity index (χ1) is 6.29. The standard InChI is InChI=1S/C10H16O4/c1-7(2)6-8(11)14-10(3,4)9(12)13-5/h6H,1-5H3. The van der Waals surface area contributed by atoms with Crippen LogP contribution in [0.4, 0.5) is 0 Å². The molecule has 14 heavy (non-hydrogen) atoms. The molecule has 0 aromatic heterocycles. The topological polar surface area (TPSA) is 52.6 Å². The highest BCUT2D eigenvalue weighted by Gasteiger charge is 2.32. The van der Waals surface area contributed by atoms with Crippen molar-refractivity contribution >= 4 is 11.9 Å². The second-order valence-corrected chi connectivity index (χ2v) is 3.64. The van der Waals surface area contributed by atoms with Gasteiger partial charge in [-0.2, -0.15) is 0 Å². The Morgan fingerprint density at radius 2 is 1.71 bits per heavy atom. The summed E-state index contributed by atoms with van der Waals surface area (Å²) in [5, 5.41) is 0. The van der Waals surface area contributed by atoms with Crippen LogP contribution in [-0.2, 0) is 19.1 Å². The van der Waals surface area contributed by atoms with E-state index < -0.39 is 17.5 Å². The molecule has 0 aromatic rings. The summed E-state index contributed by atoms with van der Waals surface area (Å²) in [7, 11) is 1.25. The highest BCUT2D eigenvalue weighted by molar-refractivity contribution is 5.87. The molecule has 4 nitrogen and oxygen atoms in total. The van der Waals surface area contributed by atoms with E-state index in [1.54, 1.807) is 13.8 Å². The van der Waals surface area contributed by atoms with Gasteiger partial charge in [0.05, 0.1) is 7.11 Å². The fraction of sp³-hybridized carbons (Fsp3) is 0.600. The molecule has 0 aliphatic carbocycles. The normalized spacial score (nSPS) is 10.4. The summed E-state index contributed by atoms with van der Waals surface area (Å²) >= 11 is 0. The van der Waals surface area contributed by atoms with Gasteiger partial charge < -0.3 is 9.47 Å². The number of methoxy groups -OCH3 is 1. The molecular formula is C10H16O4. The van der Waals surface area contributed by atoms with Gasteiger partial charge in [-0.25, -0.2) is 9.59 Å². The number of hydrogen-bond donors (Lipinski definition) is 0. The summed E-state index contributed by atoms with van der Waals surface area (Å²) in [4.78, 5) is 22.3. The molecule has 0 aromatic carbocycles. The predicted octanol–water partition coefficient (Wildman–Crippen LogP) is 1.45. The lowest BCUT2D eigenvalue weighted by atomic mass is 10.1. The van der Waals surface area contributed by atoms with E-state index in [2.05, 4.69) is 4.74 Å². The average Bonchev–Trinajstić information content (AvgIpc) is 1.99. The highest BCUT2D eigenvalue weighted by Crippen LogP contribution is 2.12. The zero-order valence-corrected chi connectivity index (χ0v) is 9.21. The lowest BCUT2D eigenvalue weighted by molar-refractivity contribution is -0.173. The van der Waals surface area contributed by atoms with Crippen molar-refractivity contribution in [1.82, 2.24) is 0 Å². The fourth-order valence-corrected chi connectivity index (χ4v) is 0.804. The molecule has 4 heteroatoms. The largest absolute Gasteiger partial charge is 0.466 e. The quantitative estimate of drug-likeness (QED) is 0.511. The number of carbonyl (C=O) groups is 2. The number of rotatable bonds is 3. The van der Waals surface area contributed by atoms with Gasteiger partial charge in [-0.05, 0) is 27.7 Å². The predicted molar refractivity (Wildman–Crippen MR) is 51.6 cm³/mol. The molecule has 0 amide bonds. The van der Waals surface area contributed by atoms with Gasteiger partial charge in [0.25, 0.3) is 0 Å². The van der Waals surface area contributed by atoms with E-state index in [9.17, 15) is 9.59 Å². The Morgan fingerprint density at radius 1 is 1.21 bits per heavy atom. The molecule has 0 rings (SSSR count). The van der Waals surface area contributed by atoms with Crippen LogP contribution in [0.1, 0.15) is 27.7 Å². The third kappa shape index (κ3) is 4.07. The Bertz CT molecular complexity index is 259. The highest BCUT2D eigenvalue weighted by atomic mass is 16.6. The first-order valence-electron chi connectivity index (χ1n) is 4.26. The Kier molecular flexibility index (Phi) is 4.34. The minimum Gasteiger partial charge on any atom is -0.466 e. The second-order valence-electron chi connectivity index (χ2n) is 3.64. The van der Waals surface area contributed by atoms with Crippen LogP contribution in [0.15, 0.2) is 11.6 Å². The number of esters is 2. The van der Waals surface area contributed by atoms with E-state index in [1.807, 2.05) is 0 Å². The van der Waals surface area contributed by atoms with Gasteiger partial charge in [0.1, 0.15) is 0 Å². The smallest absolute Gasteiger partial charge is 0.349 e. The lowest BCUT2D eigenvalue weighted by Gasteiger charge is -2.20. The maximum absolute atomic E-state index is 11.2. The number of ether oxygens (including phenoxy) is 2. The molecule has 0 saturated heterocycles. The van der Waals surface area contributed by atoms with Crippen molar-refractivity contribution in [3.63, 3.8) is 0 Å². The molecule has 0 bridgehead atoms. The zero-order chi connectivity index (χ0) is 11.4. The van der Waals surface area contributed by atoms with Crippen molar-refractivity contribution in [2.24, 2.45) is 0 Å². The maximum Gasteiger partial charge on any atom is 0.349 e. The van der Waals surface area contributed by atoms with Crippen molar-refractivity contribution in [3.8, 4) is 0 Å². The Hall–Kier alpha value is -1.32. The van der Waals surface area contributed by atoms with E-state index in [1.165, 1.54) is 27.0 Å². The Balaban J connectivity index is 4.44. The summed E-state index contributed by atoms with van der Waals surface area (Å²) in [6.45, 7) is 6.50. The van der Waals surface area contributed by atoms with Crippen LogP contribution in [0.25, 0.3) is 0 Å². The fourth-order valence-electron chi connectivity index (χ4n) is 0.804. The first-order valence-corrected chi connectivity index (χ1v) is 4.26. The SMILES string of the molecule is COC(=O)C(C)(C)OC(=O)C=C(C)C. The van der Waals surface area contributed by atoms with Crippen molar-refractivity contribution in [2.45, 2.75) is 33.3 Å². The molecular weight excluding hydrogens is 184 g/mol. The van der Waals surface area contributed by atoms with E-state index in [-0.39, 0.29) is 0 Å². The lowest BCUT2D eigenvalue weighted by Crippen LogP contribution is -2.37. The zero-order valence-electron chi connectivity index (χ0n) is 9.21. The summed E-state index contributed by atoms with van der Waals surface area (Å²) in [6, 6.07) is 0. The van der Waals surface area contributed by atoms with Gasteiger partial charge in [-0.1, -0.05) is 5.57 Å². The summed E-state index contributed by atoms with van der Waals surface area (Å²) in [5.41, 5.74) is -0.423. The Labute approximate surface area is 83.9 Å². The monoisotopic (exact) mass is 200 g/mol. The Morgan fingerprint density at radius 3 is 2.07 bits per heavy atom. The van der Waals surface area contributed by atoms with Gasteiger partial charge >= 0.3 is 11.9 Å². The van der Waals surface area contributed by atoms with Gasteiger partial charge in [-0.15, -0.1) is 0 Å². The molecule has 0 radical (unpaired) electrons. The minimum absolute atomic E-state index is 0.541. The van der Waals surface area contributed by atoms with Gasteiger partial charge in [0.2, 0.25) is 5.60 Å². The minimum atomic E-state index is -1.24. The molecule has 0 N–H and O–H groups in total. The summed E-state index contributed by atoms with van der Waals surface area (Å²) in [5.74, 6) is -1.12. The van der Waals surface area contributed by atoms with Crippen LogP contribution in [0.2, 0.25) is 0 Å². The molecule has 0 atom stereocenters. The molecule has 0 unspecified atom stereocenters. The van der Waals surface area contributed by atoms with E-state index in [4.69, 9.17) is 4.74 Å². The molecule has 0 aliphatic rings. The third-order valence-corrected chi connectivity index (χ3v) is 1.44. The number of hydrogen-bond acceptors (Lipinski definition) is 4.